The zero-order valence-corrected chi connectivity index (χ0v) is 12.0. The number of nitrogen functional groups attached to an aromatic ring is 1. The van der Waals surface area contributed by atoms with Crippen LogP contribution >= 0.6 is 11.6 Å². The first-order chi connectivity index (χ1) is 8.25. The van der Waals surface area contributed by atoms with Crippen LogP contribution in [-0.4, -0.2) is 27.2 Å². The van der Waals surface area contributed by atoms with Crippen LogP contribution in [-0.2, 0) is 6.42 Å². The maximum Gasteiger partial charge on any atom is 0.157 e. The predicted octanol–water partition coefficient (Wildman–Crippen LogP) is 2.09. The number of aromatic nitrogens is 2. The number of aliphatic hydroxyl groups is 1. The van der Waals surface area contributed by atoms with Gasteiger partial charge in [-0.3, -0.25) is 0 Å². The van der Waals surface area contributed by atoms with Gasteiger partial charge in [-0.15, -0.1) is 0 Å². The molecule has 0 amide bonds. The number of halogens is 1. The second kappa shape index (κ2) is 5.71. The molecule has 18 heavy (non-hydrogen) atoms. The van der Waals surface area contributed by atoms with E-state index < -0.39 is 5.54 Å². The first kappa shape index (κ1) is 15.0. The molecule has 0 aliphatic rings. The van der Waals surface area contributed by atoms with Crippen LogP contribution in [0.25, 0.3) is 0 Å². The summed E-state index contributed by atoms with van der Waals surface area (Å²) in [6.07, 6.45) is 0.730. The lowest BCUT2D eigenvalue weighted by molar-refractivity contribution is 0.234. The topological polar surface area (TPSA) is 84.1 Å². The Balaban J connectivity index is 3.06. The lowest BCUT2D eigenvalue weighted by Gasteiger charge is -2.25. The molecule has 1 aromatic heterocycles. The van der Waals surface area contributed by atoms with Crippen LogP contribution in [0.2, 0.25) is 5.15 Å². The quantitative estimate of drug-likeness (QED) is 0.715. The van der Waals surface area contributed by atoms with Gasteiger partial charge in [0.25, 0.3) is 0 Å². The van der Waals surface area contributed by atoms with E-state index in [2.05, 4.69) is 29.1 Å². The molecule has 0 atom stereocenters. The highest BCUT2D eigenvalue weighted by atomic mass is 35.5. The second-order valence-electron chi connectivity index (χ2n) is 5.46. The van der Waals surface area contributed by atoms with Crippen molar-refractivity contribution in [1.82, 2.24) is 9.97 Å². The molecule has 1 rings (SSSR count). The summed E-state index contributed by atoms with van der Waals surface area (Å²) in [4.78, 5) is 8.52. The van der Waals surface area contributed by atoms with Crippen LogP contribution in [0.3, 0.4) is 0 Å². The normalized spacial score (nSPS) is 11.9. The van der Waals surface area contributed by atoms with Crippen LogP contribution in [0.4, 0.5) is 11.5 Å². The van der Waals surface area contributed by atoms with Crippen molar-refractivity contribution in [2.75, 3.05) is 17.7 Å². The fourth-order valence-corrected chi connectivity index (χ4v) is 1.58. The van der Waals surface area contributed by atoms with Gasteiger partial charge < -0.3 is 16.2 Å². The molecule has 102 valence electrons. The summed E-state index contributed by atoms with van der Waals surface area (Å²) in [5.74, 6) is 1.56. The minimum absolute atomic E-state index is 0.0342. The maximum atomic E-state index is 9.25. The fraction of sp³-hybridized carbons (Fsp3) is 0.667. The molecule has 1 heterocycles. The molecule has 4 N–H and O–H groups in total. The van der Waals surface area contributed by atoms with Crippen molar-refractivity contribution in [3.8, 4) is 0 Å². The smallest absolute Gasteiger partial charge is 0.157 e. The summed E-state index contributed by atoms with van der Waals surface area (Å²) in [7, 11) is 0. The molecular formula is C12H21ClN4O. The van der Waals surface area contributed by atoms with Gasteiger partial charge >= 0.3 is 0 Å². The number of nitrogens with one attached hydrogen (secondary N) is 1. The number of hydrogen-bond donors (Lipinski definition) is 3. The van der Waals surface area contributed by atoms with Gasteiger partial charge in [-0.25, -0.2) is 9.97 Å². The molecule has 0 unspecified atom stereocenters. The fourth-order valence-electron chi connectivity index (χ4n) is 1.40. The van der Waals surface area contributed by atoms with E-state index in [1.807, 2.05) is 13.8 Å². The summed E-state index contributed by atoms with van der Waals surface area (Å²) in [5.41, 5.74) is 5.64. The molecule has 6 heteroatoms. The van der Waals surface area contributed by atoms with E-state index in [1.54, 1.807) is 0 Å². The molecule has 0 radical (unpaired) electrons. The summed E-state index contributed by atoms with van der Waals surface area (Å²) in [5, 5.41) is 12.6. The Morgan fingerprint density at radius 2 is 2.00 bits per heavy atom. The van der Waals surface area contributed by atoms with Gasteiger partial charge in [0.2, 0.25) is 0 Å². The van der Waals surface area contributed by atoms with E-state index in [1.165, 1.54) is 0 Å². The van der Waals surface area contributed by atoms with Gasteiger partial charge in [0, 0.05) is 6.42 Å². The summed E-state index contributed by atoms with van der Waals surface area (Å²) in [6, 6.07) is 0. The third-order valence-corrected chi connectivity index (χ3v) is 2.68. The molecule has 0 bridgehead atoms. The molecule has 0 saturated heterocycles. The van der Waals surface area contributed by atoms with Crippen LogP contribution < -0.4 is 11.1 Å². The second-order valence-corrected chi connectivity index (χ2v) is 5.82. The number of aliphatic hydroxyl groups excluding tert-OH is 1. The lowest BCUT2D eigenvalue weighted by Crippen LogP contribution is -2.35. The van der Waals surface area contributed by atoms with E-state index in [-0.39, 0.29) is 11.8 Å². The molecule has 0 aliphatic heterocycles. The average Bonchev–Trinajstić information content (AvgIpc) is 2.24. The molecular weight excluding hydrogens is 252 g/mol. The Bertz CT molecular complexity index is 421. The molecule has 0 aliphatic carbocycles. The third kappa shape index (κ3) is 3.99. The van der Waals surface area contributed by atoms with Gasteiger partial charge in [0.15, 0.2) is 11.0 Å². The minimum Gasteiger partial charge on any atom is -0.394 e. The molecule has 0 fully saturated rings. The molecule has 5 nitrogen and oxygen atoms in total. The summed E-state index contributed by atoms with van der Waals surface area (Å²) < 4.78 is 0. The van der Waals surface area contributed by atoms with Gasteiger partial charge in [-0.05, 0) is 19.8 Å². The van der Waals surface area contributed by atoms with Crippen molar-refractivity contribution in [3.63, 3.8) is 0 Å². The van der Waals surface area contributed by atoms with E-state index in [0.29, 0.717) is 23.2 Å². The SMILES string of the molecule is CC(C)Cc1nc(Cl)c(N)c(NC(C)(C)CO)n1. The molecule has 1 aromatic rings. The molecule has 0 spiro atoms. The van der Waals surface area contributed by atoms with E-state index in [4.69, 9.17) is 17.3 Å². The highest BCUT2D eigenvalue weighted by Gasteiger charge is 2.20. The van der Waals surface area contributed by atoms with E-state index >= 15 is 0 Å². The lowest BCUT2D eigenvalue weighted by atomic mass is 10.1. The number of anilines is 2. The van der Waals surface area contributed by atoms with Crippen molar-refractivity contribution in [2.24, 2.45) is 5.92 Å². The first-order valence-electron chi connectivity index (χ1n) is 5.96. The highest BCUT2D eigenvalue weighted by Crippen LogP contribution is 2.26. The number of hydrogen-bond acceptors (Lipinski definition) is 5. The highest BCUT2D eigenvalue weighted by molar-refractivity contribution is 6.32. The Morgan fingerprint density at radius 3 is 2.50 bits per heavy atom. The standard InChI is InChI=1S/C12H21ClN4O/c1-7(2)5-8-15-10(13)9(14)11(16-8)17-12(3,4)6-18/h7,18H,5-6,14H2,1-4H3,(H,15,16,17). The Labute approximate surface area is 113 Å². The zero-order valence-electron chi connectivity index (χ0n) is 11.3. The Morgan fingerprint density at radius 1 is 1.39 bits per heavy atom. The van der Waals surface area contributed by atoms with Crippen LogP contribution in [0.15, 0.2) is 0 Å². The summed E-state index contributed by atoms with van der Waals surface area (Å²) in [6.45, 7) is 7.83. The van der Waals surface area contributed by atoms with Crippen molar-refractivity contribution >= 4 is 23.1 Å². The zero-order chi connectivity index (χ0) is 13.9. The average molecular weight is 273 g/mol. The molecule has 0 saturated carbocycles. The predicted molar refractivity (Wildman–Crippen MR) is 74.8 cm³/mol. The van der Waals surface area contributed by atoms with Crippen LogP contribution in [0.1, 0.15) is 33.5 Å². The maximum absolute atomic E-state index is 9.25. The van der Waals surface area contributed by atoms with Gasteiger partial charge in [-0.1, -0.05) is 25.4 Å². The van der Waals surface area contributed by atoms with Crippen molar-refractivity contribution in [3.05, 3.63) is 11.0 Å². The van der Waals surface area contributed by atoms with Crippen molar-refractivity contribution < 1.29 is 5.11 Å². The Kier molecular flexibility index (Phi) is 4.76. The number of nitrogens with zero attached hydrogens (tertiary/aromatic N) is 2. The number of rotatable bonds is 5. The van der Waals surface area contributed by atoms with Crippen LogP contribution in [0, 0.1) is 5.92 Å². The van der Waals surface area contributed by atoms with Gasteiger partial charge in [0.1, 0.15) is 11.5 Å². The summed E-state index contributed by atoms with van der Waals surface area (Å²) >= 11 is 6.00. The third-order valence-electron chi connectivity index (χ3n) is 2.39. The Hall–Kier alpha value is -1.07. The van der Waals surface area contributed by atoms with Gasteiger partial charge in [-0.2, -0.15) is 0 Å². The van der Waals surface area contributed by atoms with Gasteiger partial charge in [0.05, 0.1) is 12.1 Å². The van der Waals surface area contributed by atoms with Crippen LogP contribution in [0.5, 0.6) is 0 Å². The van der Waals surface area contributed by atoms with Crippen molar-refractivity contribution in [2.45, 2.75) is 39.7 Å². The minimum atomic E-state index is -0.513. The van der Waals surface area contributed by atoms with E-state index in [9.17, 15) is 5.11 Å². The monoisotopic (exact) mass is 272 g/mol. The van der Waals surface area contributed by atoms with Crippen molar-refractivity contribution in [1.29, 1.82) is 0 Å². The number of nitrogens with two attached hydrogens (primary N) is 1. The van der Waals surface area contributed by atoms with E-state index in [0.717, 1.165) is 6.42 Å². The largest absolute Gasteiger partial charge is 0.394 e. The molecule has 0 aromatic carbocycles. The first-order valence-corrected chi connectivity index (χ1v) is 6.34.